The van der Waals surface area contributed by atoms with Gasteiger partial charge in [0.2, 0.25) is 0 Å². The van der Waals surface area contributed by atoms with Crippen molar-refractivity contribution in [3.8, 4) is 11.4 Å². The molecule has 0 saturated carbocycles. The predicted molar refractivity (Wildman–Crippen MR) is 68.4 cm³/mol. The molecular formula is C14H8F2N2O2. The van der Waals surface area contributed by atoms with Crippen LogP contribution in [0.1, 0.15) is 10.4 Å². The van der Waals surface area contributed by atoms with Gasteiger partial charge in [-0.1, -0.05) is 12.1 Å². The third-order valence-corrected chi connectivity index (χ3v) is 2.94. The first-order valence-electron chi connectivity index (χ1n) is 5.74. The molecule has 0 spiro atoms. The molecule has 0 fully saturated rings. The number of benzene rings is 2. The fourth-order valence-corrected chi connectivity index (χ4v) is 2.05. The van der Waals surface area contributed by atoms with Crippen LogP contribution in [-0.4, -0.2) is 21.0 Å². The average Bonchev–Trinajstić information content (AvgIpc) is 2.81. The van der Waals surface area contributed by atoms with Crippen LogP contribution in [0.15, 0.2) is 36.4 Å². The van der Waals surface area contributed by atoms with Crippen LogP contribution in [0.4, 0.5) is 8.78 Å². The molecule has 20 heavy (non-hydrogen) atoms. The highest BCUT2D eigenvalue weighted by molar-refractivity contribution is 6.01. The molecule has 0 saturated heterocycles. The Balaban J connectivity index is 2.29. The minimum absolute atomic E-state index is 0.0262. The summed E-state index contributed by atoms with van der Waals surface area (Å²) in [4.78, 5) is 17.8. The van der Waals surface area contributed by atoms with E-state index in [0.29, 0.717) is 5.52 Å². The van der Waals surface area contributed by atoms with E-state index in [1.165, 1.54) is 18.2 Å². The first kappa shape index (κ1) is 12.3. The molecular weight excluding hydrogens is 266 g/mol. The van der Waals surface area contributed by atoms with Gasteiger partial charge in [-0.3, -0.25) is 0 Å². The third-order valence-electron chi connectivity index (χ3n) is 2.94. The number of carboxylic acid groups (broad SMARTS) is 1. The largest absolute Gasteiger partial charge is 0.478 e. The van der Waals surface area contributed by atoms with Crippen molar-refractivity contribution in [2.75, 3.05) is 0 Å². The summed E-state index contributed by atoms with van der Waals surface area (Å²) in [5.41, 5.74) is 0.238. The van der Waals surface area contributed by atoms with E-state index in [2.05, 4.69) is 9.97 Å². The number of fused-ring (bicyclic) bond motifs is 1. The number of halogens is 2. The van der Waals surface area contributed by atoms with E-state index in [0.717, 1.165) is 12.1 Å². The van der Waals surface area contributed by atoms with Crippen LogP contribution in [0, 0.1) is 11.6 Å². The van der Waals surface area contributed by atoms with Gasteiger partial charge in [0.05, 0.1) is 16.6 Å². The Morgan fingerprint density at radius 2 is 1.75 bits per heavy atom. The lowest BCUT2D eigenvalue weighted by Crippen LogP contribution is -1.97. The summed E-state index contributed by atoms with van der Waals surface area (Å²) in [6.45, 7) is 0. The van der Waals surface area contributed by atoms with Crippen LogP contribution < -0.4 is 0 Å². The molecule has 1 aromatic heterocycles. The van der Waals surface area contributed by atoms with E-state index in [1.807, 2.05) is 0 Å². The van der Waals surface area contributed by atoms with Crippen LogP contribution in [0.2, 0.25) is 0 Å². The lowest BCUT2D eigenvalue weighted by atomic mass is 10.2. The zero-order valence-electron chi connectivity index (χ0n) is 10.0. The summed E-state index contributed by atoms with van der Waals surface area (Å²) in [5, 5.41) is 9.07. The molecule has 3 aromatic rings. The number of hydrogen-bond donors (Lipinski definition) is 2. The van der Waals surface area contributed by atoms with E-state index in [-0.39, 0.29) is 22.5 Å². The van der Waals surface area contributed by atoms with Gasteiger partial charge in [-0.15, -0.1) is 0 Å². The van der Waals surface area contributed by atoms with Gasteiger partial charge in [0.1, 0.15) is 23.0 Å². The van der Waals surface area contributed by atoms with Gasteiger partial charge in [-0.2, -0.15) is 0 Å². The SMILES string of the molecule is O=C(O)c1cccc2[nH]c(-c3c(F)cccc3F)nc12. The standard InChI is InChI=1S/C14H8F2N2O2/c15-8-4-2-5-9(16)11(8)13-17-10-6-1-3-7(14(19)20)12(10)18-13/h1-6H,(H,17,18)(H,19,20). The van der Waals surface area contributed by atoms with Crippen LogP contribution in [-0.2, 0) is 0 Å². The van der Waals surface area contributed by atoms with Gasteiger partial charge in [0.15, 0.2) is 0 Å². The number of aromatic nitrogens is 2. The summed E-state index contributed by atoms with van der Waals surface area (Å²) in [5.74, 6) is -2.71. The molecule has 0 atom stereocenters. The summed E-state index contributed by atoms with van der Waals surface area (Å²) >= 11 is 0. The molecule has 2 aromatic carbocycles. The maximum atomic E-state index is 13.7. The highest BCUT2D eigenvalue weighted by atomic mass is 19.1. The molecule has 0 amide bonds. The number of nitrogens with one attached hydrogen (secondary N) is 1. The zero-order valence-corrected chi connectivity index (χ0v) is 10.0. The normalized spacial score (nSPS) is 10.9. The quantitative estimate of drug-likeness (QED) is 0.754. The highest BCUT2D eigenvalue weighted by Crippen LogP contribution is 2.27. The molecule has 100 valence electrons. The number of rotatable bonds is 2. The van der Waals surface area contributed by atoms with Crippen LogP contribution in [0.5, 0.6) is 0 Å². The number of para-hydroxylation sites is 1. The highest BCUT2D eigenvalue weighted by Gasteiger charge is 2.17. The molecule has 3 rings (SSSR count). The zero-order chi connectivity index (χ0) is 14.3. The number of carboxylic acids is 1. The number of hydrogen-bond acceptors (Lipinski definition) is 2. The maximum absolute atomic E-state index is 13.7. The Hall–Kier alpha value is -2.76. The van der Waals surface area contributed by atoms with Crippen LogP contribution in [0.3, 0.4) is 0 Å². The van der Waals surface area contributed by atoms with Crippen molar-refractivity contribution < 1.29 is 18.7 Å². The number of H-pyrrole nitrogens is 1. The monoisotopic (exact) mass is 274 g/mol. The molecule has 4 nitrogen and oxygen atoms in total. The number of carbonyl (C=O) groups is 1. The molecule has 1 heterocycles. The van der Waals surface area contributed by atoms with Crippen molar-refractivity contribution in [3.63, 3.8) is 0 Å². The van der Waals surface area contributed by atoms with Crippen molar-refractivity contribution in [1.82, 2.24) is 9.97 Å². The van der Waals surface area contributed by atoms with Gasteiger partial charge in [0.25, 0.3) is 0 Å². The van der Waals surface area contributed by atoms with Gasteiger partial charge < -0.3 is 10.1 Å². The first-order chi connectivity index (χ1) is 9.58. The fraction of sp³-hybridized carbons (Fsp3) is 0. The van der Waals surface area contributed by atoms with Gasteiger partial charge in [0, 0.05) is 0 Å². The molecule has 6 heteroatoms. The lowest BCUT2D eigenvalue weighted by Gasteiger charge is -2.00. The van der Waals surface area contributed by atoms with E-state index in [9.17, 15) is 13.6 Å². The number of nitrogens with zero attached hydrogens (tertiary/aromatic N) is 1. The summed E-state index contributed by atoms with van der Waals surface area (Å²) in [6.07, 6.45) is 0. The second-order valence-corrected chi connectivity index (χ2v) is 4.19. The van der Waals surface area contributed by atoms with E-state index >= 15 is 0 Å². The van der Waals surface area contributed by atoms with Crippen LogP contribution in [0.25, 0.3) is 22.4 Å². The Labute approximate surface area is 111 Å². The number of aromatic carboxylic acids is 1. The summed E-state index contributed by atoms with van der Waals surface area (Å²) in [6, 6.07) is 7.99. The smallest absolute Gasteiger partial charge is 0.337 e. The van der Waals surface area contributed by atoms with Gasteiger partial charge >= 0.3 is 5.97 Å². The summed E-state index contributed by atoms with van der Waals surface area (Å²) in [7, 11) is 0. The lowest BCUT2D eigenvalue weighted by molar-refractivity contribution is 0.0699. The van der Waals surface area contributed by atoms with E-state index in [4.69, 9.17) is 5.11 Å². The number of aromatic amines is 1. The number of imidazole rings is 1. The molecule has 0 aliphatic rings. The topological polar surface area (TPSA) is 66.0 Å². The summed E-state index contributed by atoms with van der Waals surface area (Å²) < 4.78 is 27.4. The van der Waals surface area contributed by atoms with Crippen molar-refractivity contribution in [3.05, 3.63) is 53.6 Å². The van der Waals surface area contributed by atoms with Crippen molar-refractivity contribution in [2.45, 2.75) is 0 Å². The maximum Gasteiger partial charge on any atom is 0.337 e. The van der Waals surface area contributed by atoms with Crippen molar-refractivity contribution in [2.24, 2.45) is 0 Å². The fourth-order valence-electron chi connectivity index (χ4n) is 2.05. The van der Waals surface area contributed by atoms with Crippen molar-refractivity contribution in [1.29, 1.82) is 0 Å². The second kappa shape index (κ2) is 4.41. The first-order valence-corrected chi connectivity index (χ1v) is 5.74. The molecule has 0 bridgehead atoms. The molecule has 0 aliphatic heterocycles. The van der Waals surface area contributed by atoms with Crippen molar-refractivity contribution >= 4 is 17.0 Å². The molecule has 2 N–H and O–H groups in total. The molecule has 0 aliphatic carbocycles. The second-order valence-electron chi connectivity index (χ2n) is 4.19. The van der Waals surface area contributed by atoms with Gasteiger partial charge in [-0.05, 0) is 24.3 Å². The minimum atomic E-state index is -1.15. The average molecular weight is 274 g/mol. The van der Waals surface area contributed by atoms with E-state index in [1.54, 1.807) is 6.07 Å². The Bertz CT molecular complexity index is 807. The van der Waals surface area contributed by atoms with E-state index < -0.39 is 17.6 Å². The molecule has 0 radical (unpaired) electrons. The molecule has 0 unspecified atom stereocenters. The predicted octanol–water partition coefficient (Wildman–Crippen LogP) is 3.21. The minimum Gasteiger partial charge on any atom is -0.478 e. The van der Waals surface area contributed by atoms with Gasteiger partial charge in [-0.25, -0.2) is 18.6 Å². The Morgan fingerprint density at radius 3 is 2.40 bits per heavy atom. The van der Waals surface area contributed by atoms with Crippen LogP contribution >= 0.6 is 0 Å². The third kappa shape index (κ3) is 1.82. The Morgan fingerprint density at radius 1 is 1.10 bits per heavy atom. The Kier molecular flexibility index (Phi) is 2.71.